The van der Waals surface area contributed by atoms with Crippen molar-refractivity contribution in [1.82, 2.24) is 14.9 Å². The summed E-state index contributed by atoms with van der Waals surface area (Å²) in [6, 6.07) is 15.4. The standard InChI is InChI=1S/C22H27N3O3/c1-4-9-21(26)23-16(2)22-24-17-10-5-6-11-18(17)25(22)14-15-28-20-13-8-7-12-19(20)27-3/h5-8,10-13,16H,4,9,14-15H2,1-3H3,(H,23,26). The first kappa shape index (κ1) is 19.7. The van der Waals surface area contributed by atoms with Gasteiger partial charge in [-0.15, -0.1) is 0 Å². The average molecular weight is 381 g/mol. The van der Waals surface area contributed by atoms with Gasteiger partial charge >= 0.3 is 0 Å². The number of methoxy groups -OCH3 is 1. The lowest BCUT2D eigenvalue weighted by atomic mass is 10.2. The molecule has 6 nitrogen and oxygen atoms in total. The lowest BCUT2D eigenvalue weighted by Gasteiger charge is -2.17. The van der Waals surface area contributed by atoms with E-state index in [-0.39, 0.29) is 11.9 Å². The predicted octanol–water partition coefficient (Wildman–Crippen LogP) is 4.10. The Morgan fingerprint density at radius 1 is 1.14 bits per heavy atom. The van der Waals surface area contributed by atoms with Gasteiger partial charge in [0.2, 0.25) is 5.91 Å². The summed E-state index contributed by atoms with van der Waals surface area (Å²) in [4.78, 5) is 16.8. The molecule has 3 aromatic rings. The van der Waals surface area contributed by atoms with Crippen molar-refractivity contribution in [2.45, 2.75) is 39.3 Å². The van der Waals surface area contributed by atoms with E-state index < -0.39 is 0 Å². The number of nitrogens with one attached hydrogen (secondary N) is 1. The van der Waals surface area contributed by atoms with Crippen LogP contribution in [0.5, 0.6) is 11.5 Å². The molecule has 0 saturated heterocycles. The second-order valence-electron chi connectivity index (χ2n) is 6.65. The van der Waals surface area contributed by atoms with E-state index in [0.29, 0.717) is 31.1 Å². The SMILES string of the molecule is CCCC(=O)NC(C)c1nc2ccccc2n1CCOc1ccccc1OC. The van der Waals surface area contributed by atoms with Crippen LogP contribution in [0.3, 0.4) is 0 Å². The first-order valence-electron chi connectivity index (χ1n) is 9.64. The summed E-state index contributed by atoms with van der Waals surface area (Å²) in [7, 11) is 1.63. The van der Waals surface area contributed by atoms with E-state index in [2.05, 4.69) is 9.88 Å². The zero-order valence-electron chi connectivity index (χ0n) is 16.6. The number of rotatable bonds is 9. The summed E-state index contributed by atoms with van der Waals surface area (Å²) in [6.07, 6.45) is 1.34. The van der Waals surface area contributed by atoms with E-state index in [0.717, 1.165) is 23.3 Å². The topological polar surface area (TPSA) is 65.4 Å². The molecule has 28 heavy (non-hydrogen) atoms. The fraction of sp³-hybridized carbons (Fsp3) is 0.364. The summed E-state index contributed by atoms with van der Waals surface area (Å²) in [5.74, 6) is 2.28. The molecule has 0 aliphatic rings. The highest BCUT2D eigenvalue weighted by Gasteiger charge is 2.18. The number of amides is 1. The maximum Gasteiger partial charge on any atom is 0.220 e. The van der Waals surface area contributed by atoms with E-state index in [9.17, 15) is 4.79 Å². The minimum Gasteiger partial charge on any atom is -0.493 e. The van der Waals surface area contributed by atoms with Crippen LogP contribution in [0.4, 0.5) is 0 Å². The minimum atomic E-state index is -0.183. The van der Waals surface area contributed by atoms with Gasteiger partial charge in [-0.2, -0.15) is 0 Å². The van der Waals surface area contributed by atoms with Crippen molar-refractivity contribution in [3.63, 3.8) is 0 Å². The zero-order chi connectivity index (χ0) is 19.9. The molecule has 1 N–H and O–H groups in total. The van der Waals surface area contributed by atoms with Crippen LogP contribution in [-0.2, 0) is 11.3 Å². The Kier molecular flexibility index (Phi) is 6.53. The fourth-order valence-electron chi connectivity index (χ4n) is 3.25. The molecular weight excluding hydrogens is 354 g/mol. The van der Waals surface area contributed by atoms with Crippen molar-refractivity contribution >= 4 is 16.9 Å². The number of ether oxygens (including phenoxy) is 2. The number of para-hydroxylation sites is 4. The van der Waals surface area contributed by atoms with Gasteiger partial charge in [-0.05, 0) is 37.6 Å². The Balaban J connectivity index is 1.79. The number of imidazole rings is 1. The van der Waals surface area contributed by atoms with E-state index in [1.807, 2.05) is 62.4 Å². The van der Waals surface area contributed by atoms with Gasteiger partial charge < -0.3 is 19.4 Å². The maximum absolute atomic E-state index is 12.0. The third-order valence-corrected chi connectivity index (χ3v) is 4.57. The molecule has 0 spiro atoms. The van der Waals surface area contributed by atoms with Crippen LogP contribution in [0, 0.1) is 0 Å². The van der Waals surface area contributed by atoms with Gasteiger partial charge in [0.25, 0.3) is 0 Å². The molecule has 1 unspecified atom stereocenters. The summed E-state index contributed by atoms with van der Waals surface area (Å²) < 4.78 is 13.4. The molecule has 6 heteroatoms. The van der Waals surface area contributed by atoms with Crippen LogP contribution < -0.4 is 14.8 Å². The lowest BCUT2D eigenvalue weighted by molar-refractivity contribution is -0.121. The smallest absolute Gasteiger partial charge is 0.220 e. The largest absolute Gasteiger partial charge is 0.493 e. The van der Waals surface area contributed by atoms with E-state index in [1.165, 1.54) is 0 Å². The molecular formula is C22H27N3O3. The van der Waals surface area contributed by atoms with Crippen LogP contribution >= 0.6 is 0 Å². The Morgan fingerprint density at radius 3 is 2.61 bits per heavy atom. The molecule has 0 radical (unpaired) electrons. The number of hydrogen-bond donors (Lipinski definition) is 1. The molecule has 1 heterocycles. The third-order valence-electron chi connectivity index (χ3n) is 4.57. The van der Waals surface area contributed by atoms with Gasteiger partial charge in [-0.3, -0.25) is 4.79 Å². The molecule has 0 saturated carbocycles. The van der Waals surface area contributed by atoms with Gasteiger partial charge in [0.15, 0.2) is 11.5 Å². The number of fused-ring (bicyclic) bond motifs is 1. The zero-order valence-corrected chi connectivity index (χ0v) is 16.6. The summed E-state index contributed by atoms with van der Waals surface area (Å²) >= 11 is 0. The molecule has 148 valence electrons. The molecule has 1 amide bonds. The molecule has 1 atom stereocenters. The Morgan fingerprint density at radius 2 is 1.86 bits per heavy atom. The average Bonchev–Trinajstić information content (AvgIpc) is 3.07. The van der Waals surface area contributed by atoms with Crippen molar-refractivity contribution < 1.29 is 14.3 Å². The van der Waals surface area contributed by atoms with Gasteiger partial charge in [0, 0.05) is 6.42 Å². The first-order chi connectivity index (χ1) is 13.6. The molecule has 3 rings (SSSR count). The van der Waals surface area contributed by atoms with Crippen molar-refractivity contribution in [1.29, 1.82) is 0 Å². The number of nitrogens with zero attached hydrogens (tertiary/aromatic N) is 2. The normalized spacial score (nSPS) is 12.0. The van der Waals surface area contributed by atoms with Crippen LogP contribution in [0.2, 0.25) is 0 Å². The molecule has 1 aromatic heterocycles. The molecule has 0 aliphatic heterocycles. The van der Waals surface area contributed by atoms with Crippen LogP contribution in [-0.4, -0.2) is 29.2 Å². The van der Waals surface area contributed by atoms with Gasteiger partial charge in [-0.25, -0.2) is 4.98 Å². The summed E-state index contributed by atoms with van der Waals surface area (Å²) in [5.41, 5.74) is 1.93. The number of carbonyl (C=O) groups excluding carboxylic acids is 1. The molecule has 2 aromatic carbocycles. The minimum absolute atomic E-state index is 0.0406. The molecule has 0 bridgehead atoms. The number of hydrogen-bond acceptors (Lipinski definition) is 4. The highest BCUT2D eigenvalue weighted by molar-refractivity contribution is 5.78. The van der Waals surface area contributed by atoms with E-state index in [4.69, 9.17) is 14.5 Å². The van der Waals surface area contributed by atoms with Crippen molar-refractivity contribution in [2.24, 2.45) is 0 Å². The summed E-state index contributed by atoms with van der Waals surface area (Å²) in [5, 5.41) is 3.04. The second-order valence-corrected chi connectivity index (χ2v) is 6.65. The van der Waals surface area contributed by atoms with Crippen LogP contribution in [0.1, 0.15) is 38.6 Å². The lowest BCUT2D eigenvalue weighted by Crippen LogP contribution is -2.28. The monoisotopic (exact) mass is 381 g/mol. The van der Waals surface area contributed by atoms with Crippen LogP contribution in [0.15, 0.2) is 48.5 Å². The van der Waals surface area contributed by atoms with Crippen molar-refractivity contribution in [2.75, 3.05) is 13.7 Å². The third kappa shape index (κ3) is 4.44. The fourth-order valence-corrected chi connectivity index (χ4v) is 3.25. The van der Waals surface area contributed by atoms with Crippen LogP contribution in [0.25, 0.3) is 11.0 Å². The Hall–Kier alpha value is -3.02. The molecule has 0 fully saturated rings. The summed E-state index contributed by atoms with van der Waals surface area (Å²) in [6.45, 7) is 5.03. The maximum atomic E-state index is 12.0. The van der Waals surface area contributed by atoms with E-state index >= 15 is 0 Å². The van der Waals surface area contributed by atoms with Gasteiger partial charge in [-0.1, -0.05) is 31.2 Å². The Labute approximate surface area is 165 Å². The highest BCUT2D eigenvalue weighted by atomic mass is 16.5. The number of carbonyl (C=O) groups is 1. The van der Waals surface area contributed by atoms with Gasteiger partial charge in [0.1, 0.15) is 12.4 Å². The van der Waals surface area contributed by atoms with Crippen molar-refractivity contribution in [3.05, 3.63) is 54.4 Å². The second kappa shape index (κ2) is 9.26. The molecule has 0 aliphatic carbocycles. The quantitative estimate of drug-likeness (QED) is 0.606. The van der Waals surface area contributed by atoms with E-state index in [1.54, 1.807) is 7.11 Å². The number of aromatic nitrogens is 2. The Bertz CT molecular complexity index is 936. The first-order valence-corrected chi connectivity index (χ1v) is 9.64. The van der Waals surface area contributed by atoms with Gasteiger partial charge in [0.05, 0.1) is 30.7 Å². The van der Waals surface area contributed by atoms with Crippen molar-refractivity contribution in [3.8, 4) is 11.5 Å². The number of benzene rings is 2. The highest BCUT2D eigenvalue weighted by Crippen LogP contribution is 2.26. The predicted molar refractivity (Wildman–Crippen MR) is 110 cm³/mol.